The molecule has 2 rings (SSSR count). The van der Waals surface area contributed by atoms with Gasteiger partial charge in [0, 0.05) is 6.20 Å². The number of para-hydroxylation sites is 2. The van der Waals surface area contributed by atoms with Crippen molar-refractivity contribution in [1.82, 2.24) is 4.57 Å². The molecule has 0 unspecified atom stereocenters. The molecule has 0 fully saturated rings. The average Bonchev–Trinajstić information content (AvgIpc) is 2.39. The monoisotopic (exact) mass is 242 g/mol. The number of ether oxygens (including phenoxy) is 1. The van der Waals surface area contributed by atoms with Crippen molar-refractivity contribution in [3.05, 3.63) is 52.8 Å². The maximum atomic E-state index is 8.96. The minimum atomic E-state index is 0.480. The smallest absolute Gasteiger partial charge is 0.142 e. The Bertz CT molecular complexity index is 640. The molecule has 0 aliphatic carbocycles. The highest BCUT2D eigenvalue weighted by molar-refractivity contribution is 7.71. The first-order valence-corrected chi connectivity index (χ1v) is 5.44. The van der Waals surface area contributed by atoms with Gasteiger partial charge in [-0.05, 0) is 24.3 Å². The van der Waals surface area contributed by atoms with Crippen LogP contribution in [0.2, 0.25) is 0 Å². The van der Waals surface area contributed by atoms with Gasteiger partial charge in [-0.3, -0.25) is 0 Å². The molecule has 0 saturated carbocycles. The van der Waals surface area contributed by atoms with E-state index in [9.17, 15) is 0 Å². The number of methoxy groups -OCH3 is 1. The highest BCUT2D eigenvalue weighted by atomic mass is 32.1. The Hall–Kier alpha value is -2.12. The lowest BCUT2D eigenvalue weighted by atomic mass is 10.2. The summed E-state index contributed by atoms with van der Waals surface area (Å²) in [7, 11) is 1.61. The van der Waals surface area contributed by atoms with Gasteiger partial charge in [0.05, 0.1) is 18.4 Å². The zero-order valence-electron chi connectivity index (χ0n) is 9.25. The van der Waals surface area contributed by atoms with E-state index < -0.39 is 0 Å². The summed E-state index contributed by atoms with van der Waals surface area (Å²) in [6, 6.07) is 13.1. The van der Waals surface area contributed by atoms with Crippen LogP contribution in [0.3, 0.4) is 0 Å². The van der Waals surface area contributed by atoms with Gasteiger partial charge < -0.3 is 9.30 Å². The summed E-state index contributed by atoms with van der Waals surface area (Å²) in [5.74, 6) is 0.721. The molecule has 0 radical (unpaired) electrons. The number of hydrogen-bond donors (Lipinski definition) is 0. The van der Waals surface area contributed by atoms with Crippen LogP contribution >= 0.6 is 12.2 Å². The quantitative estimate of drug-likeness (QED) is 0.759. The van der Waals surface area contributed by atoms with Gasteiger partial charge in [-0.2, -0.15) is 5.26 Å². The summed E-state index contributed by atoms with van der Waals surface area (Å²) in [4.78, 5) is 0. The number of aromatic nitrogens is 1. The molecule has 3 nitrogen and oxygen atoms in total. The molecule has 0 N–H and O–H groups in total. The fourth-order valence-corrected chi connectivity index (χ4v) is 1.87. The van der Waals surface area contributed by atoms with Crippen molar-refractivity contribution in [2.24, 2.45) is 0 Å². The maximum absolute atomic E-state index is 8.96. The fourth-order valence-electron chi connectivity index (χ4n) is 1.60. The van der Waals surface area contributed by atoms with Crippen LogP contribution < -0.4 is 4.74 Å². The largest absolute Gasteiger partial charge is 0.495 e. The molecule has 84 valence electrons. The summed E-state index contributed by atoms with van der Waals surface area (Å²) in [5.41, 5.74) is 1.31. The minimum Gasteiger partial charge on any atom is -0.495 e. The summed E-state index contributed by atoms with van der Waals surface area (Å²) in [6.07, 6.45) is 1.82. The molecule has 0 spiro atoms. The van der Waals surface area contributed by atoms with Gasteiger partial charge in [-0.15, -0.1) is 0 Å². The maximum Gasteiger partial charge on any atom is 0.142 e. The first-order chi connectivity index (χ1) is 8.27. The standard InChI is InChI=1S/C13H10N2OS/c1-16-12-7-3-2-6-11(12)15-8-4-5-10(9-14)13(15)17/h2-8H,1H3. The molecule has 0 aliphatic rings. The van der Waals surface area contributed by atoms with Crippen molar-refractivity contribution < 1.29 is 4.74 Å². The average molecular weight is 242 g/mol. The lowest BCUT2D eigenvalue weighted by Crippen LogP contribution is -2.00. The van der Waals surface area contributed by atoms with Crippen LogP contribution in [0, 0.1) is 16.0 Å². The van der Waals surface area contributed by atoms with E-state index in [1.165, 1.54) is 0 Å². The Balaban J connectivity index is 2.70. The van der Waals surface area contributed by atoms with E-state index in [0.29, 0.717) is 10.2 Å². The number of nitriles is 1. The van der Waals surface area contributed by atoms with Crippen molar-refractivity contribution >= 4 is 12.2 Å². The van der Waals surface area contributed by atoms with Crippen LogP contribution in [0.1, 0.15) is 5.56 Å². The SMILES string of the molecule is COc1ccccc1-n1cccc(C#N)c1=S. The summed E-state index contributed by atoms with van der Waals surface area (Å²) in [5, 5.41) is 8.96. The topological polar surface area (TPSA) is 38.0 Å². The third-order valence-electron chi connectivity index (χ3n) is 2.41. The molecule has 0 atom stereocenters. The van der Waals surface area contributed by atoms with E-state index in [1.54, 1.807) is 23.8 Å². The Labute approximate surface area is 105 Å². The molecule has 4 heteroatoms. The molecular weight excluding hydrogens is 232 g/mol. The van der Waals surface area contributed by atoms with Crippen LogP contribution in [-0.4, -0.2) is 11.7 Å². The van der Waals surface area contributed by atoms with Crippen LogP contribution in [0.5, 0.6) is 5.75 Å². The van der Waals surface area contributed by atoms with E-state index >= 15 is 0 Å². The fraction of sp³-hybridized carbons (Fsp3) is 0.0769. The highest BCUT2D eigenvalue weighted by Crippen LogP contribution is 2.22. The zero-order chi connectivity index (χ0) is 12.3. The van der Waals surface area contributed by atoms with Crippen molar-refractivity contribution in [3.8, 4) is 17.5 Å². The van der Waals surface area contributed by atoms with Crippen molar-refractivity contribution in [2.45, 2.75) is 0 Å². The third kappa shape index (κ3) is 2.05. The first kappa shape index (κ1) is 11.4. The number of hydrogen-bond acceptors (Lipinski definition) is 3. The number of benzene rings is 1. The van der Waals surface area contributed by atoms with E-state index in [2.05, 4.69) is 6.07 Å². The van der Waals surface area contributed by atoms with Crippen molar-refractivity contribution in [1.29, 1.82) is 5.26 Å². The van der Waals surface area contributed by atoms with Crippen LogP contribution in [0.15, 0.2) is 42.6 Å². The first-order valence-electron chi connectivity index (χ1n) is 5.03. The van der Waals surface area contributed by atoms with Crippen LogP contribution in [0.25, 0.3) is 5.69 Å². The summed E-state index contributed by atoms with van der Waals surface area (Å²) >= 11 is 5.27. The van der Waals surface area contributed by atoms with Crippen molar-refractivity contribution in [3.63, 3.8) is 0 Å². The number of pyridine rings is 1. The number of nitrogens with zero attached hydrogens (tertiary/aromatic N) is 2. The van der Waals surface area contributed by atoms with E-state index in [-0.39, 0.29) is 0 Å². The molecule has 0 bridgehead atoms. The lowest BCUT2D eigenvalue weighted by molar-refractivity contribution is 0.412. The molecule has 1 heterocycles. The molecule has 2 aromatic rings. The molecule has 1 aromatic carbocycles. The van der Waals surface area contributed by atoms with E-state index in [4.69, 9.17) is 22.2 Å². The zero-order valence-corrected chi connectivity index (χ0v) is 10.1. The van der Waals surface area contributed by atoms with Gasteiger partial charge in [-0.25, -0.2) is 0 Å². The molecule has 17 heavy (non-hydrogen) atoms. The number of rotatable bonds is 2. The summed E-state index contributed by atoms with van der Waals surface area (Å²) < 4.78 is 7.53. The Morgan fingerprint density at radius 1 is 1.24 bits per heavy atom. The third-order valence-corrected chi connectivity index (χ3v) is 2.83. The summed E-state index contributed by atoms with van der Waals surface area (Å²) in [6.45, 7) is 0. The highest BCUT2D eigenvalue weighted by Gasteiger charge is 2.05. The molecular formula is C13H10N2OS. The van der Waals surface area contributed by atoms with Crippen molar-refractivity contribution in [2.75, 3.05) is 7.11 Å². The second kappa shape index (κ2) is 4.81. The van der Waals surface area contributed by atoms with Crippen LogP contribution in [0.4, 0.5) is 0 Å². The minimum absolute atomic E-state index is 0.480. The second-order valence-corrected chi connectivity index (χ2v) is 3.77. The Kier molecular flexibility index (Phi) is 3.22. The van der Waals surface area contributed by atoms with Gasteiger partial charge >= 0.3 is 0 Å². The van der Waals surface area contributed by atoms with Gasteiger partial charge in [0.2, 0.25) is 0 Å². The second-order valence-electron chi connectivity index (χ2n) is 3.38. The lowest BCUT2D eigenvalue weighted by Gasteiger charge is -2.11. The molecule has 0 aliphatic heterocycles. The van der Waals surface area contributed by atoms with Gasteiger partial charge in [0.15, 0.2) is 0 Å². The normalized spacial score (nSPS) is 9.65. The van der Waals surface area contributed by atoms with Crippen LogP contribution in [-0.2, 0) is 0 Å². The Morgan fingerprint density at radius 2 is 2.00 bits per heavy atom. The predicted octanol–water partition coefficient (Wildman–Crippen LogP) is 3.09. The van der Waals surface area contributed by atoms with Gasteiger partial charge in [-0.1, -0.05) is 24.4 Å². The molecule has 0 saturated heterocycles. The van der Waals surface area contributed by atoms with Gasteiger partial charge in [0.1, 0.15) is 16.5 Å². The van der Waals surface area contributed by atoms with E-state index in [1.807, 2.05) is 30.5 Å². The Morgan fingerprint density at radius 3 is 2.71 bits per heavy atom. The predicted molar refractivity (Wildman–Crippen MR) is 67.9 cm³/mol. The molecule has 1 aromatic heterocycles. The van der Waals surface area contributed by atoms with Gasteiger partial charge in [0.25, 0.3) is 0 Å². The van der Waals surface area contributed by atoms with E-state index in [0.717, 1.165) is 11.4 Å². The molecule has 0 amide bonds.